The molecule has 1 aromatic carbocycles. The summed E-state index contributed by atoms with van der Waals surface area (Å²) >= 11 is 0. The van der Waals surface area contributed by atoms with E-state index in [9.17, 15) is 4.79 Å². The Labute approximate surface area is 129 Å². The maximum Gasteiger partial charge on any atom is 0.253 e. The van der Waals surface area contributed by atoms with Crippen LogP contribution in [0.1, 0.15) is 40.4 Å². The molecule has 114 valence electrons. The van der Waals surface area contributed by atoms with Crippen LogP contribution in [0.3, 0.4) is 0 Å². The Morgan fingerprint density at radius 2 is 2.18 bits per heavy atom. The van der Waals surface area contributed by atoms with E-state index in [1.807, 2.05) is 40.0 Å². The number of amides is 1. The number of hydrogen-bond acceptors (Lipinski definition) is 3. The lowest BCUT2D eigenvalue weighted by Gasteiger charge is -2.33. The Kier molecular flexibility index (Phi) is 3.42. The number of rotatable bonds is 2. The maximum atomic E-state index is 12.8. The second-order valence-electron chi connectivity index (χ2n) is 6.01. The van der Waals surface area contributed by atoms with Gasteiger partial charge in [0.15, 0.2) is 0 Å². The Morgan fingerprint density at radius 3 is 3.05 bits per heavy atom. The van der Waals surface area contributed by atoms with Gasteiger partial charge in [-0.05, 0) is 42.2 Å². The highest BCUT2D eigenvalue weighted by molar-refractivity contribution is 5.94. The average molecular weight is 297 g/mol. The Hall–Kier alpha value is -2.14. The van der Waals surface area contributed by atoms with E-state index in [0.717, 1.165) is 37.1 Å². The minimum Gasteiger partial charge on any atom is -0.372 e. The highest BCUT2D eigenvalue weighted by Crippen LogP contribution is 2.25. The maximum absolute atomic E-state index is 12.8. The molecule has 1 fully saturated rings. The first-order chi connectivity index (χ1) is 10.8. The predicted molar refractivity (Wildman–Crippen MR) is 81.3 cm³/mol. The van der Waals surface area contributed by atoms with Crippen LogP contribution in [0.5, 0.6) is 0 Å². The molecule has 0 unspecified atom stereocenters. The summed E-state index contributed by atoms with van der Waals surface area (Å²) in [5.41, 5.74) is 3.11. The number of carbonyl (C=O) groups excluding carboxylic acids is 1. The van der Waals surface area contributed by atoms with Gasteiger partial charge in [0.1, 0.15) is 0 Å². The van der Waals surface area contributed by atoms with Crippen LogP contribution in [-0.4, -0.2) is 33.7 Å². The number of likely N-dealkylation sites (tertiary alicyclic amines) is 1. The Bertz CT molecular complexity index is 681. The van der Waals surface area contributed by atoms with Gasteiger partial charge in [0.25, 0.3) is 5.91 Å². The van der Waals surface area contributed by atoms with Crippen molar-refractivity contribution in [3.05, 3.63) is 53.3 Å². The lowest BCUT2D eigenvalue weighted by molar-refractivity contribution is 0.0673. The van der Waals surface area contributed by atoms with Crippen molar-refractivity contribution in [2.24, 2.45) is 0 Å². The first kappa shape index (κ1) is 13.5. The molecule has 22 heavy (non-hydrogen) atoms. The van der Waals surface area contributed by atoms with E-state index in [-0.39, 0.29) is 11.9 Å². The smallest absolute Gasteiger partial charge is 0.253 e. The van der Waals surface area contributed by atoms with Crippen molar-refractivity contribution in [1.82, 2.24) is 14.7 Å². The third-order valence-corrected chi connectivity index (χ3v) is 4.55. The van der Waals surface area contributed by atoms with Crippen LogP contribution in [0.15, 0.2) is 36.7 Å². The van der Waals surface area contributed by atoms with Crippen LogP contribution in [-0.2, 0) is 18.0 Å². The average Bonchev–Trinajstić information content (AvgIpc) is 3.25. The van der Waals surface area contributed by atoms with Gasteiger partial charge in [0.2, 0.25) is 0 Å². The number of carbonyl (C=O) groups is 1. The quantitative estimate of drug-likeness (QED) is 0.855. The van der Waals surface area contributed by atoms with Gasteiger partial charge in [-0.15, -0.1) is 0 Å². The fourth-order valence-corrected chi connectivity index (χ4v) is 3.34. The van der Waals surface area contributed by atoms with Gasteiger partial charge in [-0.25, -0.2) is 0 Å². The van der Waals surface area contributed by atoms with Crippen LogP contribution in [0.2, 0.25) is 0 Å². The van der Waals surface area contributed by atoms with Gasteiger partial charge >= 0.3 is 0 Å². The van der Waals surface area contributed by atoms with Gasteiger partial charge in [-0.1, -0.05) is 6.07 Å². The molecule has 0 N–H and O–H groups in total. The summed E-state index contributed by atoms with van der Waals surface area (Å²) < 4.78 is 7.39. The molecule has 0 radical (unpaired) electrons. The molecule has 1 saturated heterocycles. The first-order valence-electron chi connectivity index (χ1n) is 7.79. The lowest BCUT2D eigenvalue weighted by atomic mass is 10.0. The van der Waals surface area contributed by atoms with E-state index in [1.165, 1.54) is 5.56 Å². The van der Waals surface area contributed by atoms with E-state index < -0.39 is 0 Å². The summed E-state index contributed by atoms with van der Waals surface area (Å²) in [6, 6.07) is 8.15. The van der Waals surface area contributed by atoms with Crippen LogP contribution in [0.4, 0.5) is 0 Å². The van der Waals surface area contributed by atoms with Crippen molar-refractivity contribution >= 4 is 5.91 Å². The van der Waals surface area contributed by atoms with Gasteiger partial charge < -0.3 is 9.64 Å². The van der Waals surface area contributed by atoms with Gasteiger partial charge in [-0.3, -0.25) is 9.48 Å². The summed E-state index contributed by atoms with van der Waals surface area (Å²) in [6.07, 6.45) is 5.86. The highest BCUT2D eigenvalue weighted by atomic mass is 16.5. The summed E-state index contributed by atoms with van der Waals surface area (Å²) in [6.45, 7) is 2.83. The van der Waals surface area contributed by atoms with Crippen molar-refractivity contribution in [1.29, 1.82) is 0 Å². The fraction of sp³-hybridized carbons (Fsp3) is 0.412. The first-order valence-corrected chi connectivity index (χ1v) is 7.79. The normalized spacial score (nSPS) is 20.9. The van der Waals surface area contributed by atoms with Gasteiger partial charge in [-0.2, -0.15) is 5.10 Å². The van der Waals surface area contributed by atoms with Crippen LogP contribution >= 0.6 is 0 Å². The van der Waals surface area contributed by atoms with E-state index in [1.54, 1.807) is 6.20 Å². The van der Waals surface area contributed by atoms with Crippen molar-refractivity contribution in [3.63, 3.8) is 0 Å². The van der Waals surface area contributed by atoms with Crippen molar-refractivity contribution in [2.75, 3.05) is 13.1 Å². The summed E-state index contributed by atoms with van der Waals surface area (Å²) in [5.74, 6) is 0.117. The van der Waals surface area contributed by atoms with Crippen LogP contribution in [0.25, 0.3) is 0 Å². The number of fused-ring (bicyclic) bond motifs is 1. The van der Waals surface area contributed by atoms with E-state index in [2.05, 4.69) is 5.10 Å². The molecule has 1 atom stereocenters. The third-order valence-electron chi connectivity index (χ3n) is 4.55. The Morgan fingerprint density at radius 1 is 1.27 bits per heavy atom. The molecular weight excluding hydrogens is 278 g/mol. The fourth-order valence-electron chi connectivity index (χ4n) is 3.34. The molecule has 4 rings (SSSR count). The minimum absolute atomic E-state index is 0.117. The second kappa shape index (κ2) is 5.57. The molecule has 2 aromatic rings. The zero-order chi connectivity index (χ0) is 14.9. The van der Waals surface area contributed by atoms with Crippen molar-refractivity contribution in [3.8, 4) is 0 Å². The monoisotopic (exact) mass is 297 g/mol. The summed E-state index contributed by atoms with van der Waals surface area (Å²) in [7, 11) is 0. The molecule has 0 aliphatic carbocycles. The van der Waals surface area contributed by atoms with E-state index >= 15 is 0 Å². The number of hydrogen-bond donors (Lipinski definition) is 0. The standard InChI is InChI=1S/C17H19N3O2/c21-17(13-4-5-14-11-22-12-15(14)9-13)19-7-1-3-16(10-19)20-8-2-6-18-20/h2,4-6,8-9,16H,1,3,7,10-12H2/t16-/m1/s1. The number of piperidine rings is 1. The summed E-state index contributed by atoms with van der Waals surface area (Å²) in [4.78, 5) is 14.7. The van der Waals surface area contributed by atoms with Crippen molar-refractivity contribution < 1.29 is 9.53 Å². The number of benzene rings is 1. The highest BCUT2D eigenvalue weighted by Gasteiger charge is 2.26. The second-order valence-corrected chi connectivity index (χ2v) is 6.01. The molecule has 2 aliphatic heterocycles. The topological polar surface area (TPSA) is 47.4 Å². The summed E-state index contributed by atoms with van der Waals surface area (Å²) in [5, 5.41) is 4.32. The molecule has 3 heterocycles. The van der Waals surface area contributed by atoms with Crippen molar-refractivity contribution in [2.45, 2.75) is 32.1 Å². The van der Waals surface area contributed by atoms with E-state index in [0.29, 0.717) is 13.2 Å². The van der Waals surface area contributed by atoms with Crippen LogP contribution in [0, 0.1) is 0 Å². The van der Waals surface area contributed by atoms with E-state index in [4.69, 9.17) is 4.74 Å². The van der Waals surface area contributed by atoms with Gasteiger partial charge in [0.05, 0.1) is 19.3 Å². The molecule has 2 aliphatic rings. The SMILES string of the molecule is O=C(c1ccc2c(c1)COC2)N1CCC[C@@H](n2cccn2)C1. The molecule has 5 heteroatoms. The zero-order valence-corrected chi connectivity index (χ0v) is 12.4. The molecule has 1 aromatic heterocycles. The molecular formula is C17H19N3O2. The largest absolute Gasteiger partial charge is 0.372 e. The van der Waals surface area contributed by atoms with Gasteiger partial charge in [0, 0.05) is 31.0 Å². The number of ether oxygens (including phenoxy) is 1. The number of aromatic nitrogens is 2. The molecule has 0 spiro atoms. The molecule has 0 saturated carbocycles. The Balaban J connectivity index is 1.52. The minimum atomic E-state index is 0.117. The molecule has 1 amide bonds. The predicted octanol–water partition coefficient (Wildman–Crippen LogP) is 2.39. The third kappa shape index (κ3) is 2.41. The zero-order valence-electron chi connectivity index (χ0n) is 12.4. The lowest BCUT2D eigenvalue weighted by Crippen LogP contribution is -2.40. The van der Waals surface area contributed by atoms with Crippen LogP contribution < -0.4 is 0 Å². The molecule has 5 nitrogen and oxygen atoms in total. The molecule has 0 bridgehead atoms. The number of nitrogens with zero attached hydrogens (tertiary/aromatic N) is 3.